The molecule has 0 radical (unpaired) electrons. The van der Waals surface area contributed by atoms with Crippen LogP contribution < -0.4 is 10.6 Å². The van der Waals surface area contributed by atoms with Crippen LogP contribution in [0.5, 0.6) is 0 Å². The van der Waals surface area contributed by atoms with Crippen LogP contribution in [0.25, 0.3) is 0 Å². The Labute approximate surface area is 99.7 Å². The van der Waals surface area contributed by atoms with Gasteiger partial charge in [0.05, 0.1) is 12.6 Å². The third-order valence-corrected chi connectivity index (χ3v) is 3.36. The predicted octanol–water partition coefficient (Wildman–Crippen LogP) is 0.194. The van der Waals surface area contributed by atoms with Crippen molar-refractivity contribution in [1.29, 1.82) is 0 Å². The van der Waals surface area contributed by atoms with Crippen LogP contribution in [0.1, 0.15) is 19.3 Å². The number of amides is 1. The van der Waals surface area contributed by atoms with E-state index in [0.29, 0.717) is 12.6 Å². The molecular weight excluding hydrogens is 228 g/mol. The molecule has 1 saturated carbocycles. The number of nitrogens with one attached hydrogen (secondary N) is 2. The van der Waals surface area contributed by atoms with Crippen molar-refractivity contribution in [1.82, 2.24) is 15.5 Å². The molecule has 2 rings (SSSR count). The maximum Gasteiger partial charge on any atom is 0.262 e. The lowest BCUT2D eigenvalue weighted by atomic mass is 10.2. The van der Waals surface area contributed by atoms with Crippen molar-refractivity contribution >= 4 is 5.91 Å². The van der Waals surface area contributed by atoms with Gasteiger partial charge in [0.2, 0.25) is 5.91 Å². The molecule has 98 valence electrons. The Morgan fingerprint density at radius 3 is 2.76 bits per heavy atom. The highest BCUT2D eigenvalue weighted by molar-refractivity contribution is 5.82. The highest BCUT2D eigenvalue weighted by atomic mass is 19.3. The van der Waals surface area contributed by atoms with E-state index >= 15 is 0 Å². The topological polar surface area (TPSA) is 44.4 Å². The fourth-order valence-corrected chi connectivity index (χ4v) is 2.08. The molecule has 1 unspecified atom stereocenters. The summed E-state index contributed by atoms with van der Waals surface area (Å²) in [5, 5.41) is 5.24. The first-order valence-electron chi connectivity index (χ1n) is 6.07. The van der Waals surface area contributed by atoms with Crippen molar-refractivity contribution < 1.29 is 13.6 Å². The third-order valence-electron chi connectivity index (χ3n) is 3.36. The van der Waals surface area contributed by atoms with Crippen LogP contribution in [0.15, 0.2) is 0 Å². The molecule has 2 fully saturated rings. The number of rotatable bonds is 5. The predicted molar refractivity (Wildman–Crippen MR) is 60.0 cm³/mol. The Bertz CT molecular complexity index is 294. The zero-order valence-corrected chi connectivity index (χ0v) is 10.0. The highest BCUT2D eigenvalue weighted by Gasteiger charge is 2.42. The molecule has 0 aromatic heterocycles. The lowest BCUT2D eigenvalue weighted by Gasteiger charge is -2.17. The fraction of sp³-hybridized carbons (Fsp3) is 0.909. The first kappa shape index (κ1) is 12.7. The van der Waals surface area contributed by atoms with E-state index in [1.165, 1.54) is 12.8 Å². The molecule has 4 nitrogen and oxygen atoms in total. The van der Waals surface area contributed by atoms with Crippen LogP contribution in [0.4, 0.5) is 8.78 Å². The Morgan fingerprint density at radius 2 is 2.24 bits per heavy atom. The van der Waals surface area contributed by atoms with Gasteiger partial charge in [0, 0.05) is 25.6 Å². The lowest BCUT2D eigenvalue weighted by Crippen LogP contribution is -2.43. The van der Waals surface area contributed by atoms with Gasteiger partial charge in [0.25, 0.3) is 5.92 Å². The molecule has 1 atom stereocenters. The van der Waals surface area contributed by atoms with E-state index < -0.39 is 24.9 Å². The number of hydrogen-bond acceptors (Lipinski definition) is 3. The zero-order valence-electron chi connectivity index (χ0n) is 10.0. The van der Waals surface area contributed by atoms with Crippen LogP contribution in [0.3, 0.4) is 0 Å². The van der Waals surface area contributed by atoms with Gasteiger partial charge in [-0.2, -0.15) is 0 Å². The largest absolute Gasteiger partial charge is 0.353 e. The van der Waals surface area contributed by atoms with Gasteiger partial charge in [0.1, 0.15) is 0 Å². The Morgan fingerprint density at radius 1 is 1.53 bits per heavy atom. The smallest absolute Gasteiger partial charge is 0.262 e. The number of nitrogens with zero attached hydrogens (tertiary/aromatic N) is 1. The molecule has 6 heteroatoms. The third kappa shape index (κ3) is 3.61. The quantitative estimate of drug-likeness (QED) is 0.729. The molecule has 1 aliphatic carbocycles. The number of alkyl halides is 2. The molecule has 2 aliphatic rings. The molecule has 2 N–H and O–H groups in total. The van der Waals surface area contributed by atoms with Crippen molar-refractivity contribution in [3.8, 4) is 0 Å². The first-order valence-corrected chi connectivity index (χ1v) is 6.07. The summed E-state index contributed by atoms with van der Waals surface area (Å²) in [5.41, 5.74) is 0. The van der Waals surface area contributed by atoms with E-state index in [2.05, 4.69) is 15.5 Å². The van der Waals surface area contributed by atoms with E-state index in [4.69, 9.17) is 0 Å². The van der Waals surface area contributed by atoms with E-state index in [1.807, 2.05) is 7.05 Å². The number of halogens is 2. The summed E-state index contributed by atoms with van der Waals surface area (Å²) < 4.78 is 25.7. The summed E-state index contributed by atoms with van der Waals surface area (Å²) in [7, 11) is 2.02. The number of carbonyl (C=O) groups excluding carboxylic acids is 1. The normalized spacial score (nSPS) is 27.4. The van der Waals surface area contributed by atoms with E-state index in [1.54, 1.807) is 0 Å². The van der Waals surface area contributed by atoms with Crippen LogP contribution in [0, 0.1) is 0 Å². The molecule has 1 saturated heterocycles. The van der Waals surface area contributed by atoms with Crippen LogP contribution in [-0.2, 0) is 4.79 Å². The summed E-state index contributed by atoms with van der Waals surface area (Å²) in [6.45, 7) is 0.905. The number of carbonyl (C=O) groups is 1. The standard InChI is InChI=1S/C11H19F2N3O/c1-16(8-2-3-8)5-4-14-10(17)9-6-11(12,13)7-15-9/h8-9,15H,2-7H2,1H3,(H,14,17). The van der Waals surface area contributed by atoms with E-state index in [9.17, 15) is 13.6 Å². The lowest BCUT2D eigenvalue weighted by molar-refractivity contribution is -0.123. The molecule has 0 aromatic rings. The average Bonchev–Trinajstić information content (AvgIpc) is 3.03. The molecule has 0 bridgehead atoms. The minimum absolute atomic E-state index is 0.314. The van der Waals surface area contributed by atoms with Gasteiger partial charge in [-0.15, -0.1) is 0 Å². The average molecular weight is 247 g/mol. The second-order valence-electron chi connectivity index (χ2n) is 5.00. The molecule has 0 aromatic carbocycles. The Balaban J connectivity index is 1.64. The van der Waals surface area contributed by atoms with Gasteiger partial charge < -0.3 is 10.2 Å². The maximum atomic E-state index is 12.9. The second kappa shape index (κ2) is 4.86. The minimum atomic E-state index is -2.74. The van der Waals surface area contributed by atoms with Gasteiger partial charge in [-0.25, -0.2) is 8.78 Å². The van der Waals surface area contributed by atoms with Crippen LogP contribution >= 0.6 is 0 Å². The summed E-state index contributed by atoms with van der Waals surface area (Å²) in [5.74, 6) is -3.06. The summed E-state index contributed by atoms with van der Waals surface area (Å²) in [6, 6.07) is -0.0860. The highest BCUT2D eigenvalue weighted by Crippen LogP contribution is 2.25. The molecule has 1 aliphatic heterocycles. The second-order valence-corrected chi connectivity index (χ2v) is 5.00. The fourth-order valence-electron chi connectivity index (χ4n) is 2.08. The van der Waals surface area contributed by atoms with Gasteiger partial charge in [-0.1, -0.05) is 0 Å². The Hall–Kier alpha value is -0.750. The monoisotopic (exact) mass is 247 g/mol. The van der Waals surface area contributed by atoms with Gasteiger partial charge in [-0.05, 0) is 19.9 Å². The molecule has 17 heavy (non-hydrogen) atoms. The minimum Gasteiger partial charge on any atom is -0.353 e. The van der Waals surface area contributed by atoms with Gasteiger partial charge in [0.15, 0.2) is 0 Å². The molecular formula is C11H19F2N3O. The SMILES string of the molecule is CN(CCNC(=O)C1CC(F)(F)CN1)C1CC1. The summed E-state index contributed by atoms with van der Waals surface area (Å²) >= 11 is 0. The Kier molecular flexibility index (Phi) is 3.63. The van der Waals surface area contributed by atoms with Gasteiger partial charge >= 0.3 is 0 Å². The summed E-state index contributed by atoms with van der Waals surface area (Å²) in [4.78, 5) is 13.8. The number of hydrogen-bond donors (Lipinski definition) is 2. The van der Waals surface area contributed by atoms with Crippen molar-refractivity contribution in [3.63, 3.8) is 0 Å². The molecule has 1 amide bonds. The van der Waals surface area contributed by atoms with E-state index in [0.717, 1.165) is 6.54 Å². The maximum absolute atomic E-state index is 12.9. The number of likely N-dealkylation sites (N-methyl/N-ethyl adjacent to an activating group) is 1. The van der Waals surface area contributed by atoms with Crippen molar-refractivity contribution in [3.05, 3.63) is 0 Å². The van der Waals surface area contributed by atoms with Crippen molar-refractivity contribution in [2.75, 3.05) is 26.7 Å². The van der Waals surface area contributed by atoms with Crippen molar-refractivity contribution in [2.24, 2.45) is 0 Å². The zero-order chi connectivity index (χ0) is 12.5. The summed E-state index contributed by atoms with van der Waals surface area (Å²) in [6.07, 6.45) is 2.05. The molecule has 1 heterocycles. The first-order chi connectivity index (χ1) is 7.98. The van der Waals surface area contributed by atoms with Gasteiger partial charge in [-0.3, -0.25) is 10.1 Å². The molecule has 0 spiro atoms. The van der Waals surface area contributed by atoms with Crippen molar-refractivity contribution in [2.45, 2.75) is 37.3 Å². The van der Waals surface area contributed by atoms with Crippen LogP contribution in [0.2, 0.25) is 0 Å². The van der Waals surface area contributed by atoms with Crippen LogP contribution in [-0.4, -0.2) is 55.5 Å². The van der Waals surface area contributed by atoms with E-state index in [-0.39, 0.29) is 5.91 Å².